The summed E-state index contributed by atoms with van der Waals surface area (Å²) < 4.78 is 9.57. The zero-order valence-corrected chi connectivity index (χ0v) is 11.6. The molecule has 0 saturated heterocycles. The maximum absolute atomic E-state index is 11.5. The average molecular weight is 286 g/mol. The number of hydrogen-bond acceptors (Lipinski definition) is 5. The number of methoxy groups -OCH3 is 2. The predicted molar refractivity (Wildman–Crippen MR) is 78.1 cm³/mol. The number of hydrogen-bond donors (Lipinski definition) is 1. The Balaban J connectivity index is 2.55. The Bertz CT molecular complexity index is 731. The summed E-state index contributed by atoms with van der Waals surface area (Å²) in [4.78, 5) is 22.6. The van der Waals surface area contributed by atoms with Gasteiger partial charge in [0.25, 0.3) is 5.78 Å². The molecule has 0 aliphatic heterocycles. The summed E-state index contributed by atoms with van der Waals surface area (Å²) >= 11 is 0. The second-order valence-corrected chi connectivity index (χ2v) is 4.25. The molecular formula is C16H14O5. The summed E-state index contributed by atoms with van der Waals surface area (Å²) in [6, 6.07) is 10.6. The number of esters is 1. The number of aliphatic hydroxyl groups excluding tert-OH is 1. The van der Waals surface area contributed by atoms with Gasteiger partial charge in [0.15, 0.2) is 0 Å². The molecular weight excluding hydrogens is 272 g/mol. The largest absolute Gasteiger partial charge is 0.507 e. The first-order valence-corrected chi connectivity index (χ1v) is 6.17. The quantitative estimate of drug-likeness (QED) is 0.404. The highest BCUT2D eigenvalue weighted by atomic mass is 16.5. The van der Waals surface area contributed by atoms with E-state index in [0.29, 0.717) is 16.7 Å². The molecule has 0 radical (unpaired) electrons. The van der Waals surface area contributed by atoms with Gasteiger partial charge >= 0.3 is 5.97 Å². The van der Waals surface area contributed by atoms with Crippen molar-refractivity contribution in [3.8, 4) is 5.75 Å². The number of ketones is 1. The van der Waals surface area contributed by atoms with E-state index in [9.17, 15) is 14.7 Å². The van der Waals surface area contributed by atoms with Gasteiger partial charge in [0.1, 0.15) is 11.5 Å². The van der Waals surface area contributed by atoms with E-state index in [0.717, 1.165) is 18.6 Å². The molecule has 5 heteroatoms. The summed E-state index contributed by atoms with van der Waals surface area (Å²) in [5, 5.41) is 11.6. The molecule has 2 aromatic carbocycles. The van der Waals surface area contributed by atoms with Crippen LogP contribution < -0.4 is 4.74 Å². The van der Waals surface area contributed by atoms with E-state index in [2.05, 4.69) is 4.74 Å². The van der Waals surface area contributed by atoms with E-state index in [1.807, 2.05) is 12.1 Å². The summed E-state index contributed by atoms with van der Waals surface area (Å²) in [5.41, 5.74) is 0.434. The van der Waals surface area contributed by atoms with Crippen molar-refractivity contribution in [1.29, 1.82) is 0 Å². The molecule has 108 valence electrons. The topological polar surface area (TPSA) is 72.8 Å². The molecule has 5 nitrogen and oxygen atoms in total. The van der Waals surface area contributed by atoms with Crippen molar-refractivity contribution >= 4 is 28.3 Å². The van der Waals surface area contributed by atoms with E-state index in [1.54, 1.807) is 31.4 Å². The van der Waals surface area contributed by atoms with Gasteiger partial charge in [0, 0.05) is 17.0 Å². The van der Waals surface area contributed by atoms with Crippen molar-refractivity contribution < 1.29 is 24.2 Å². The Hall–Kier alpha value is -2.82. The molecule has 0 spiro atoms. The summed E-state index contributed by atoms with van der Waals surface area (Å²) in [6.45, 7) is 0. The molecule has 0 heterocycles. The van der Waals surface area contributed by atoms with Crippen molar-refractivity contribution in [2.45, 2.75) is 0 Å². The van der Waals surface area contributed by atoms with Crippen molar-refractivity contribution in [3.05, 3.63) is 48.0 Å². The molecule has 0 fully saturated rings. The van der Waals surface area contributed by atoms with Crippen LogP contribution in [0.5, 0.6) is 5.75 Å². The molecule has 0 amide bonds. The lowest BCUT2D eigenvalue weighted by Crippen LogP contribution is -2.13. The molecule has 0 aromatic heterocycles. The maximum Gasteiger partial charge on any atom is 0.378 e. The average Bonchev–Trinajstić information content (AvgIpc) is 2.52. The maximum atomic E-state index is 11.5. The summed E-state index contributed by atoms with van der Waals surface area (Å²) in [6.07, 6.45) is 0.847. The smallest absolute Gasteiger partial charge is 0.378 e. The Morgan fingerprint density at radius 1 is 1.05 bits per heavy atom. The second-order valence-electron chi connectivity index (χ2n) is 4.25. The Kier molecular flexibility index (Phi) is 4.23. The molecule has 0 atom stereocenters. The number of rotatable bonds is 4. The van der Waals surface area contributed by atoms with Crippen LogP contribution in [-0.2, 0) is 14.3 Å². The van der Waals surface area contributed by atoms with Crippen LogP contribution in [-0.4, -0.2) is 31.1 Å². The fourth-order valence-corrected chi connectivity index (χ4v) is 2.03. The van der Waals surface area contributed by atoms with Gasteiger partial charge in [0.2, 0.25) is 0 Å². The van der Waals surface area contributed by atoms with Crippen LogP contribution in [0.2, 0.25) is 0 Å². The van der Waals surface area contributed by atoms with Gasteiger partial charge in [0.05, 0.1) is 14.2 Å². The van der Waals surface area contributed by atoms with E-state index in [1.165, 1.54) is 0 Å². The SMILES string of the molecule is COC(=O)C(=O)/C=C(/O)c1ccc(OC)c2ccccc12. The van der Waals surface area contributed by atoms with E-state index in [-0.39, 0.29) is 5.76 Å². The van der Waals surface area contributed by atoms with Crippen molar-refractivity contribution in [2.75, 3.05) is 14.2 Å². The lowest BCUT2D eigenvalue weighted by Gasteiger charge is -2.09. The minimum atomic E-state index is -1.03. The van der Waals surface area contributed by atoms with Gasteiger partial charge in [-0.3, -0.25) is 4.79 Å². The standard InChI is InChI=1S/C16H14O5/c1-20-15-8-7-11(10-5-3-4-6-12(10)15)13(17)9-14(18)16(19)21-2/h3-9,17H,1-2H3/b13-9+. The molecule has 2 rings (SSSR count). The summed E-state index contributed by atoms with van der Waals surface area (Å²) in [7, 11) is 2.66. The minimum absolute atomic E-state index is 0.302. The van der Waals surface area contributed by atoms with E-state index < -0.39 is 11.8 Å². The third-order valence-corrected chi connectivity index (χ3v) is 3.03. The van der Waals surface area contributed by atoms with Gasteiger partial charge in [-0.05, 0) is 17.5 Å². The van der Waals surface area contributed by atoms with Crippen LogP contribution in [0.15, 0.2) is 42.5 Å². The Morgan fingerprint density at radius 2 is 1.71 bits per heavy atom. The zero-order valence-electron chi connectivity index (χ0n) is 11.6. The van der Waals surface area contributed by atoms with Crippen molar-refractivity contribution in [2.24, 2.45) is 0 Å². The van der Waals surface area contributed by atoms with Gasteiger partial charge in [-0.25, -0.2) is 4.79 Å². The van der Waals surface area contributed by atoms with E-state index in [4.69, 9.17) is 4.74 Å². The normalized spacial score (nSPS) is 11.2. The molecule has 0 unspecified atom stereocenters. The lowest BCUT2D eigenvalue weighted by molar-refractivity contribution is -0.149. The first-order valence-electron chi connectivity index (χ1n) is 6.17. The molecule has 2 aromatic rings. The zero-order chi connectivity index (χ0) is 15.4. The molecule has 1 N–H and O–H groups in total. The van der Waals surface area contributed by atoms with Gasteiger partial charge in [-0.1, -0.05) is 24.3 Å². The van der Waals surface area contributed by atoms with Crippen molar-refractivity contribution in [1.82, 2.24) is 0 Å². The van der Waals surface area contributed by atoms with Gasteiger partial charge < -0.3 is 14.6 Å². The number of carbonyl (C=O) groups is 2. The minimum Gasteiger partial charge on any atom is -0.507 e. The van der Waals surface area contributed by atoms with Crippen molar-refractivity contribution in [3.63, 3.8) is 0 Å². The molecule has 0 bridgehead atoms. The highest BCUT2D eigenvalue weighted by Crippen LogP contribution is 2.31. The molecule has 0 aliphatic rings. The monoisotopic (exact) mass is 286 g/mol. The Morgan fingerprint density at radius 3 is 2.33 bits per heavy atom. The first kappa shape index (κ1) is 14.6. The second kappa shape index (κ2) is 6.09. The number of ether oxygens (including phenoxy) is 2. The highest BCUT2D eigenvalue weighted by Gasteiger charge is 2.15. The molecule has 0 saturated carbocycles. The van der Waals surface area contributed by atoms with Gasteiger partial charge in [-0.2, -0.15) is 0 Å². The van der Waals surface area contributed by atoms with Crippen LogP contribution >= 0.6 is 0 Å². The number of benzene rings is 2. The fourth-order valence-electron chi connectivity index (χ4n) is 2.03. The third-order valence-electron chi connectivity index (χ3n) is 3.03. The third kappa shape index (κ3) is 2.86. The van der Waals surface area contributed by atoms with Crippen LogP contribution in [0.4, 0.5) is 0 Å². The highest BCUT2D eigenvalue weighted by molar-refractivity contribution is 6.39. The van der Waals surface area contributed by atoms with E-state index >= 15 is 0 Å². The van der Waals surface area contributed by atoms with Crippen LogP contribution in [0.3, 0.4) is 0 Å². The number of aliphatic hydroxyl groups is 1. The van der Waals surface area contributed by atoms with Crippen LogP contribution in [0.1, 0.15) is 5.56 Å². The Labute approximate surface area is 121 Å². The fraction of sp³-hybridized carbons (Fsp3) is 0.125. The number of fused-ring (bicyclic) bond motifs is 1. The predicted octanol–water partition coefficient (Wildman–Crippen LogP) is 2.49. The summed E-state index contributed by atoms with van der Waals surface area (Å²) in [5.74, 6) is -1.60. The lowest BCUT2D eigenvalue weighted by atomic mass is 10.0. The first-order chi connectivity index (χ1) is 10.1. The van der Waals surface area contributed by atoms with Crippen LogP contribution in [0.25, 0.3) is 16.5 Å². The van der Waals surface area contributed by atoms with Crippen LogP contribution in [0, 0.1) is 0 Å². The number of carbonyl (C=O) groups excluding carboxylic acids is 2. The molecule has 21 heavy (non-hydrogen) atoms. The van der Waals surface area contributed by atoms with Gasteiger partial charge in [-0.15, -0.1) is 0 Å². The molecule has 0 aliphatic carbocycles.